The number of benzene rings is 1. The van der Waals surface area contributed by atoms with Crippen molar-refractivity contribution < 1.29 is 14.6 Å². The van der Waals surface area contributed by atoms with Gasteiger partial charge in [0.15, 0.2) is 6.61 Å². The van der Waals surface area contributed by atoms with Crippen molar-refractivity contribution in [1.29, 1.82) is 0 Å². The van der Waals surface area contributed by atoms with Gasteiger partial charge in [-0.1, -0.05) is 12.1 Å². The van der Waals surface area contributed by atoms with Crippen LogP contribution in [0.4, 0.5) is 0 Å². The maximum atomic E-state index is 12.1. The summed E-state index contributed by atoms with van der Waals surface area (Å²) in [6.45, 7) is 5.37. The normalized spacial score (nSPS) is 16.9. The third-order valence-electron chi connectivity index (χ3n) is 3.68. The summed E-state index contributed by atoms with van der Waals surface area (Å²) < 4.78 is 5.64. The van der Waals surface area contributed by atoms with E-state index in [0.29, 0.717) is 5.75 Å². The Morgan fingerprint density at radius 3 is 2.70 bits per heavy atom. The van der Waals surface area contributed by atoms with Crippen molar-refractivity contribution in [3.63, 3.8) is 0 Å². The molecule has 0 unspecified atom stereocenters. The molecule has 1 saturated heterocycles. The molecule has 1 N–H and O–H groups in total. The Labute approximate surface area is 120 Å². The fraction of sp³-hybridized carbons (Fsp3) is 0.562. The smallest absolute Gasteiger partial charge is 0.260 e. The van der Waals surface area contributed by atoms with E-state index in [1.54, 1.807) is 6.92 Å². The average Bonchev–Trinajstić information content (AvgIpc) is 2.45. The van der Waals surface area contributed by atoms with Gasteiger partial charge in [0.05, 0.1) is 6.10 Å². The summed E-state index contributed by atoms with van der Waals surface area (Å²) in [4.78, 5) is 13.9. The number of hydrogen-bond acceptors (Lipinski definition) is 3. The Morgan fingerprint density at radius 1 is 1.35 bits per heavy atom. The molecular weight excluding hydrogens is 254 g/mol. The molecule has 1 aliphatic rings. The second-order valence-electron chi connectivity index (χ2n) is 5.45. The first kappa shape index (κ1) is 14.9. The number of amides is 1. The molecule has 0 bridgehead atoms. The zero-order valence-corrected chi connectivity index (χ0v) is 12.3. The van der Waals surface area contributed by atoms with Crippen LogP contribution < -0.4 is 4.74 Å². The molecule has 0 aliphatic carbocycles. The second kappa shape index (κ2) is 6.75. The van der Waals surface area contributed by atoms with Gasteiger partial charge in [-0.15, -0.1) is 0 Å². The number of likely N-dealkylation sites (tertiary alicyclic amines) is 1. The molecule has 1 amide bonds. The van der Waals surface area contributed by atoms with Crippen LogP contribution >= 0.6 is 0 Å². The molecule has 1 aromatic carbocycles. The van der Waals surface area contributed by atoms with Crippen molar-refractivity contribution in [2.45, 2.75) is 39.2 Å². The van der Waals surface area contributed by atoms with E-state index in [0.717, 1.165) is 37.1 Å². The molecule has 20 heavy (non-hydrogen) atoms. The van der Waals surface area contributed by atoms with Crippen LogP contribution in [-0.4, -0.2) is 35.6 Å². The van der Waals surface area contributed by atoms with E-state index < -0.39 is 6.10 Å². The van der Waals surface area contributed by atoms with E-state index in [2.05, 4.69) is 0 Å². The van der Waals surface area contributed by atoms with Crippen LogP contribution in [0.25, 0.3) is 0 Å². The van der Waals surface area contributed by atoms with Gasteiger partial charge in [-0.25, -0.2) is 0 Å². The Morgan fingerprint density at radius 2 is 2.05 bits per heavy atom. The number of rotatable bonds is 4. The summed E-state index contributed by atoms with van der Waals surface area (Å²) in [7, 11) is 0. The zero-order chi connectivity index (χ0) is 14.5. The molecule has 0 saturated carbocycles. The van der Waals surface area contributed by atoms with Gasteiger partial charge in [0.1, 0.15) is 5.75 Å². The summed E-state index contributed by atoms with van der Waals surface area (Å²) in [5.41, 5.74) is 1.77. The Hall–Kier alpha value is -1.55. The van der Waals surface area contributed by atoms with Gasteiger partial charge in [-0.2, -0.15) is 0 Å². The highest BCUT2D eigenvalue weighted by atomic mass is 16.5. The molecule has 0 spiro atoms. The fourth-order valence-electron chi connectivity index (χ4n) is 2.49. The second-order valence-corrected chi connectivity index (χ2v) is 5.45. The predicted molar refractivity (Wildman–Crippen MR) is 77.7 cm³/mol. The Balaban J connectivity index is 1.99. The van der Waals surface area contributed by atoms with Gasteiger partial charge in [0, 0.05) is 18.7 Å². The number of carbonyl (C=O) groups excluding carboxylic acids is 1. The summed E-state index contributed by atoms with van der Waals surface area (Å²) in [5.74, 6) is 0.633. The highest BCUT2D eigenvalue weighted by Crippen LogP contribution is 2.26. The van der Waals surface area contributed by atoms with E-state index in [1.807, 2.05) is 30.0 Å². The van der Waals surface area contributed by atoms with Crippen molar-refractivity contribution in [3.05, 3.63) is 29.3 Å². The maximum absolute atomic E-state index is 12.1. The number of piperidine rings is 1. The third-order valence-corrected chi connectivity index (χ3v) is 3.68. The average molecular weight is 277 g/mol. The molecule has 0 aromatic heterocycles. The lowest BCUT2D eigenvalue weighted by Crippen LogP contribution is -2.38. The molecule has 1 heterocycles. The van der Waals surface area contributed by atoms with Gasteiger partial charge < -0.3 is 14.7 Å². The number of hydrogen-bond donors (Lipinski definition) is 1. The number of aliphatic hydroxyl groups is 1. The van der Waals surface area contributed by atoms with Crippen LogP contribution in [0.3, 0.4) is 0 Å². The molecule has 0 radical (unpaired) electrons. The Bertz CT molecular complexity index is 465. The van der Waals surface area contributed by atoms with E-state index in [4.69, 9.17) is 4.74 Å². The van der Waals surface area contributed by atoms with Gasteiger partial charge in [0.2, 0.25) is 0 Å². The van der Waals surface area contributed by atoms with E-state index >= 15 is 0 Å². The number of aryl methyl sites for hydroxylation is 1. The molecule has 1 atom stereocenters. The Kier molecular flexibility index (Phi) is 5.01. The highest BCUT2D eigenvalue weighted by Gasteiger charge is 2.18. The van der Waals surface area contributed by atoms with Crippen molar-refractivity contribution in [1.82, 2.24) is 4.90 Å². The maximum Gasteiger partial charge on any atom is 0.260 e. The molecule has 110 valence electrons. The summed E-state index contributed by atoms with van der Waals surface area (Å²) >= 11 is 0. The number of nitrogens with zero attached hydrogens (tertiary/aromatic N) is 1. The van der Waals surface area contributed by atoms with Crippen LogP contribution in [-0.2, 0) is 4.79 Å². The number of aliphatic hydroxyl groups excluding tert-OH is 1. The summed E-state index contributed by atoms with van der Waals surface area (Å²) in [5, 5.41) is 9.73. The van der Waals surface area contributed by atoms with Gasteiger partial charge in [-0.3, -0.25) is 4.79 Å². The van der Waals surface area contributed by atoms with E-state index in [1.165, 1.54) is 6.42 Å². The van der Waals surface area contributed by atoms with Crippen LogP contribution in [0.2, 0.25) is 0 Å². The zero-order valence-electron chi connectivity index (χ0n) is 12.3. The van der Waals surface area contributed by atoms with Gasteiger partial charge >= 0.3 is 0 Å². The largest absolute Gasteiger partial charge is 0.483 e. The molecule has 1 aliphatic heterocycles. The first-order valence-electron chi connectivity index (χ1n) is 7.27. The van der Waals surface area contributed by atoms with Crippen LogP contribution in [0.1, 0.15) is 43.4 Å². The molecular formula is C16H23NO3. The van der Waals surface area contributed by atoms with E-state index in [-0.39, 0.29) is 12.5 Å². The molecule has 4 nitrogen and oxygen atoms in total. The van der Waals surface area contributed by atoms with Crippen molar-refractivity contribution in [3.8, 4) is 5.75 Å². The lowest BCUT2D eigenvalue weighted by molar-refractivity contribution is -0.134. The first-order valence-corrected chi connectivity index (χ1v) is 7.27. The van der Waals surface area contributed by atoms with Gasteiger partial charge in [0.25, 0.3) is 5.91 Å². The fourth-order valence-corrected chi connectivity index (χ4v) is 2.49. The van der Waals surface area contributed by atoms with E-state index in [9.17, 15) is 9.90 Å². The van der Waals surface area contributed by atoms with Crippen LogP contribution in [0.15, 0.2) is 18.2 Å². The SMILES string of the molecule is Cc1ccc([C@H](C)O)c(OCC(=O)N2CCCCC2)c1. The van der Waals surface area contributed by atoms with Crippen molar-refractivity contribution in [2.75, 3.05) is 19.7 Å². The van der Waals surface area contributed by atoms with Crippen LogP contribution in [0, 0.1) is 6.92 Å². The molecule has 2 rings (SSSR count). The first-order chi connectivity index (χ1) is 9.58. The minimum absolute atomic E-state index is 0.0303. The lowest BCUT2D eigenvalue weighted by atomic mass is 10.1. The van der Waals surface area contributed by atoms with Crippen LogP contribution in [0.5, 0.6) is 5.75 Å². The lowest BCUT2D eigenvalue weighted by Gasteiger charge is -2.26. The minimum Gasteiger partial charge on any atom is -0.483 e. The highest BCUT2D eigenvalue weighted by molar-refractivity contribution is 5.77. The third kappa shape index (κ3) is 3.73. The standard InChI is InChI=1S/C16H23NO3/c1-12-6-7-14(13(2)18)15(10-12)20-11-16(19)17-8-4-3-5-9-17/h6-7,10,13,18H,3-5,8-9,11H2,1-2H3/t13-/m0/s1. The number of carbonyl (C=O) groups is 1. The predicted octanol–water partition coefficient (Wildman–Crippen LogP) is 2.44. The summed E-state index contributed by atoms with van der Waals surface area (Å²) in [6.07, 6.45) is 2.76. The van der Waals surface area contributed by atoms with Crippen molar-refractivity contribution in [2.24, 2.45) is 0 Å². The molecule has 1 aromatic rings. The topological polar surface area (TPSA) is 49.8 Å². The van der Waals surface area contributed by atoms with Crippen molar-refractivity contribution >= 4 is 5.91 Å². The van der Waals surface area contributed by atoms with Gasteiger partial charge in [-0.05, 0) is 44.7 Å². The minimum atomic E-state index is -0.601. The quantitative estimate of drug-likeness (QED) is 0.919. The summed E-state index contributed by atoms with van der Waals surface area (Å²) in [6, 6.07) is 5.65. The number of ether oxygens (including phenoxy) is 1. The molecule has 1 fully saturated rings. The monoisotopic (exact) mass is 277 g/mol. The molecule has 4 heteroatoms.